The second-order valence-corrected chi connectivity index (χ2v) is 4.99. The molecule has 22 heavy (non-hydrogen) atoms. The van der Waals surface area contributed by atoms with Crippen LogP contribution in [0.25, 0.3) is 11.3 Å². The molecule has 0 N–H and O–H groups in total. The van der Waals surface area contributed by atoms with Gasteiger partial charge in [0.05, 0.1) is 6.20 Å². The second-order valence-electron chi connectivity index (χ2n) is 4.99. The van der Waals surface area contributed by atoms with Crippen molar-refractivity contribution in [2.75, 3.05) is 13.1 Å². The van der Waals surface area contributed by atoms with Gasteiger partial charge in [0.1, 0.15) is 5.56 Å². The Bertz CT molecular complexity index is 649. The largest absolute Gasteiger partial charge is 0.355 e. The zero-order valence-corrected chi connectivity index (χ0v) is 12.6. The SMILES string of the molecule is CCCN(CCC)C(=O)c1cnoc1-c1ccc(F)c(F)c1. The van der Waals surface area contributed by atoms with Crippen LogP contribution in [0, 0.1) is 11.6 Å². The summed E-state index contributed by atoms with van der Waals surface area (Å²) in [6.07, 6.45) is 2.98. The van der Waals surface area contributed by atoms with E-state index in [1.54, 1.807) is 4.90 Å². The van der Waals surface area contributed by atoms with E-state index in [0.717, 1.165) is 25.0 Å². The van der Waals surface area contributed by atoms with E-state index in [2.05, 4.69) is 5.16 Å². The highest BCUT2D eigenvalue weighted by Gasteiger charge is 2.23. The van der Waals surface area contributed by atoms with Gasteiger partial charge in [-0.05, 0) is 31.0 Å². The lowest BCUT2D eigenvalue weighted by molar-refractivity contribution is 0.0756. The summed E-state index contributed by atoms with van der Waals surface area (Å²) in [5, 5.41) is 3.64. The number of halogens is 2. The fraction of sp³-hybridized carbons (Fsp3) is 0.375. The third-order valence-electron chi connectivity index (χ3n) is 3.26. The average Bonchev–Trinajstić information content (AvgIpc) is 2.98. The van der Waals surface area contributed by atoms with Gasteiger partial charge in [0.2, 0.25) is 0 Å². The van der Waals surface area contributed by atoms with Crippen molar-refractivity contribution in [3.63, 3.8) is 0 Å². The predicted molar refractivity (Wildman–Crippen MR) is 78.3 cm³/mol. The molecule has 0 unspecified atom stereocenters. The molecule has 0 aliphatic rings. The number of carbonyl (C=O) groups is 1. The molecule has 0 saturated heterocycles. The Morgan fingerprint density at radius 3 is 2.45 bits per heavy atom. The summed E-state index contributed by atoms with van der Waals surface area (Å²) in [4.78, 5) is 14.3. The van der Waals surface area contributed by atoms with E-state index in [4.69, 9.17) is 4.52 Å². The molecule has 0 fully saturated rings. The van der Waals surface area contributed by atoms with Gasteiger partial charge in [0, 0.05) is 18.7 Å². The van der Waals surface area contributed by atoms with E-state index in [0.29, 0.717) is 13.1 Å². The highest BCUT2D eigenvalue weighted by molar-refractivity contribution is 5.99. The lowest BCUT2D eigenvalue weighted by atomic mass is 10.1. The number of carbonyl (C=O) groups excluding carboxylic acids is 1. The Morgan fingerprint density at radius 2 is 1.86 bits per heavy atom. The van der Waals surface area contributed by atoms with E-state index in [-0.39, 0.29) is 22.8 Å². The van der Waals surface area contributed by atoms with Crippen LogP contribution in [0.15, 0.2) is 28.9 Å². The van der Waals surface area contributed by atoms with E-state index in [1.807, 2.05) is 13.8 Å². The molecular weight excluding hydrogens is 290 g/mol. The molecule has 2 rings (SSSR count). The first kappa shape index (κ1) is 16.1. The molecule has 1 aromatic carbocycles. The zero-order chi connectivity index (χ0) is 16.1. The number of hydrogen-bond acceptors (Lipinski definition) is 3. The van der Waals surface area contributed by atoms with Crippen molar-refractivity contribution >= 4 is 5.91 Å². The van der Waals surface area contributed by atoms with Crippen molar-refractivity contribution in [3.05, 3.63) is 41.6 Å². The van der Waals surface area contributed by atoms with Crippen LogP contribution in [-0.2, 0) is 0 Å². The highest BCUT2D eigenvalue weighted by Crippen LogP contribution is 2.26. The minimum atomic E-state index is -0.994. The van der Waals surface area contributed by atoms with Crippen LogP contribution in [0.5, 0.6) is 0 Å². The highest BCUT2D eigenvalue weighted by atomic mass is 19.2. The van der Waals surface area contributed by atoms with Crippen LogP contribution in [-0.4, -0.2) is 29.1 Å². The van der Waals surface area contributed by atoms with Crippen molar-refractivity contribution in [1.29, 1.82) is 0 Å². The minimum Gasteiger partial charge on any atom is -0.355 e. The number of hydrogen-bond donors (Lipinski definition) is 0. The number of benzene rings is 1. The third-order valence-corrected chi connectivity index (χ3v) is 3.26. The number of rotatable bonds is 6. The maximum atomic E-state index is 13.4. The maximum absolute atomic E-state index is 13.4. The number of aromatic nitrogens is 1. The molecule has 4 nitrogen and oxygen atoms in total. The van der Waals surface area contributed by atoms with Crippen LogP contribution in [0.4, 0.5) is 8.78 Å². The molecule has 6 heteroatoms. The lowest BCUT2D eigenvalue weighted by Crippen LogP contribution is -2.32. The van der Waals surface area contributed by atoms with Crippen molar-refractivity contribution in [3.8, 4) is 11.3 Å². The summed E-state index contributed by atoms with van der Waals surface area (Å²) in [5.74, 6) is -2.01. The van der Waals surface area contributed by atoms with Gasteiger partial charge in [0.25, 0.3) is 5.91 Å². The molecule has 0 bridgehead atoms. The molecule has 1 heterocycles. The van der Waals surface area contributed by atoms with Crippen molar-refractivity contribution < 1.29 is 18.1 Å². The Morgan fingerprint density at radius 1 is 1.18 bits per heavy atom. The Labute approximate surface area is 127 Å². The Hall–Kier alpha value is -2.24. The molecule has 0 atom stereocenters. The monoisotopic (exact) mass is 308 g/mol. The van der Waals surface area contributed by atoms with E-state index in [9.17, 15) is 13.6 Å². The van der Waals surface area contributed by atoms with Crippen LogP contribution in [0.2, 0.25) is 0 Å². The van der Waals surface area contributed by atoms with E-state index >= 15 is 0 Å². The molecule has 0 radical (unpaired) electrons. The normalized spacial score (nSPS) is 10.7. The molecule has 118 valence electrons. The van der Waals surface area contributed by atoms with Crippen LogP contribution >= 0.6 is 0 Å². The molecule has 0 spiro atoms. The van der Waals surface area contributed by atoms with Gasteiger partial charge in [-0.25, -0.2) is 8.78 Å². The molecule has 0 aliphatic heterocycles. The standard InChI is InChI=1S/C16H18F2N2O2/c1-3-7-20(8-4-2)16(21)12-10-19-22-15(12)11-5-6-13(17)14(18)9-11/h5-6,9-10H,3-4,7-8H2,1-2H3. The number of nitrogens with zero attached hydrogens (tertiary/aromatic N) is 2. The van der Waals surface area contributed by atoms with Gasteiger partial charge in [0.15, 0.2) is 17.4 Å². The van der Waals surface area contributed by atoms with Gasteiger partial charge >= 0.3 is 0 Å². The fourth-order valence-electron chi connectivity index (χ4n) is 2.26. The van der Waals surface area contributed by atoms with Crippen LogP contribution in [0.1, 0.15) is 37.0 Å². The van der Waals surface area contributed by atoms with Crippen molar-refractivity contribution in [2.45, 2.75) is 26.7 Å². The van der Waals surface area contributed by atoms with Gasteiger partial charge in [-0.2, -0.15) is 0 Å². The van der Waals surface area contributed by atoms with Crippen molar-refractivity contribution in [1.82, 2.24) is 10.1 Å². The predicted octanol–water partition coefficient (Wildman–Crippen LogP) is 3.88. The third kappa shape index (κ3) is 3.32. The maximum Gasteiger partial charge on any atom is 0.259 e. The van der Waals surface area contributed by atoms with Crippen molar-refractivity contribution in [2.24, 2.45) is 0 Å². The second kappa shape index (κ2) is 7.15. The summed E-state index contributed by atoms with van der Waals surface area (Å²) >= 11 is 0. The molecule has 1 aromatic heterocycles. The fourth-order valence-corrected chi connectivity index (χ4v) is 2.26. The summed E-state index contributed by atoms with van der Waals surface area (Å²) in [5.41, 5.74) is 0.542. The quantitative estimate of drug-likeness (QED) is 0.813. The van der Waals surface area contributed by atoms with Gasteiger partial charge in [-0.15, -0.1) is 0 Å². The molecule has 0 aliphatic carbocycles. The van der Waals surface area contributed by atoms with Gasteiger partial charge in [-0.3, -0.25) is 4.79 Å². The molecule has 0 saturated carbocycles. The summed E-state index contributed by atoms with van der Waals surface area (Å²) in [7, 11) is 0. The first-order valence-corrected chi connectivity index (χ1v) is 7.27. The topological polar surface area (TPSA) is 46.3 Å². The summed E-state index contributed by atoms with van der Waals surface area (Å²) in [6, 6.07) is 3.35. The first-order chi connectivity index (χ1) is 10.6. The summed E-state index contributed by atoms with van der Waals surface area (Å²) in [6.45, 7) is 5.21. The van der Waals surface area contributed by atoms with Crippen LogP contribution < -0.4 is 0 Å². The Kier molecular flexibility index (Phi) is 5.25. The van der Waals surface area contributed by atoms with Crippen LogP contribution in [0.3, 0.4) is 0 Å². The van der Waals surface area contributed by atoms with E-state index < -0.39 is 11.6 Å². The minimum absolute atomic E-state index is 0.154. The van der Waals surface area contributed by atoms with E-state index in [1.165, 1.54) is 12.3 Å². The van der Waals surface area contributed by atoms with Gasteiger partial charge in [-0.1, -0.05) is 19.0 Å². The van der Waals surface area contributed by atoms with Gasteiger partial charge < -0.3 is 9.42 Å². The molecule has 2 aromatic rings. The average molecular weight is 308 g/mol. The molecular formula is C16H18F2N2O2. The first-order valence-electron chi connectivity index (χ1n) is 7.27. The smallest absolute Gasteiger partial charge is 0.259 e. The summed E-state index contributed by atoms with van der Waals surface area (Å²) < 4.78 is 31.5. The molecule has 1 amide bonds. The number of amides is 1. The Balaban J connectivity index is 2.35. The zero-order valence-electron chi connectivity index (χ0n) is 12.6. The lowest BCUT2D eigenvalue weighted by Gasteiger charge is -2.20.